The van der Waals surface area contributed by atoms with Crippen molar-refractivity contribution in [3.05, 3.63) is 30.3 Å². The van der Waals surface area contributed by atoms with Crippen LogP contribution < -0.4 is 26.8 Å². The lowest BCUT2D eigenvalue weighted by Crippen LogP contribution is -2.48. The van der Waals surface area contributed by atoms with Gasteiger partial charge >= 0.3 is 5.97 Å². The summed E-state index contributed by atoms with van der Waals surface area (Å²) in [6.07, 6.45) is 0.524. The Kier molecular flexibility index (Phi) is 10.3. The van der Waals surface area contributed by atoms with Gasteiger partial charge in [0.1, 0.15) is 6.04 Å². The molecule has 0 aliphatic carbocycles. The van der Waals surface area contributed by atoms with E-state index in [1.807, 2.05) is 4.72 Å². The summed E-state index contributed by atoms with van der Waals surface area (Å²) in [5, 5.41) is 14.1. The van der Waals surface area contributed by atoms with E-state index in [1.165, 1.54) is 24.3 Å². The minimum absolute atomic E-state index is 0.0421. The number of carbonyl (C=O) groups is 3. The molecule has 2 amide bonds. The van der Waals surface area contributed by atoms with Gasteiger partial charge < -0.3 is 27.2 Å². The van der Waals surface area contributed by atoms with E-state index in [0.717, 1.165) is 0 Å². The minimum Gasteiger partial charge on any atom is -0.480 e. The van der Waals surface area contributed by atoms with Crippen molar-refractivity contribution in [2.75, 3.05) is 19.6 Å². The number of sulfonamides is 1. The second kappa shape index (κ2) is 12.4. The summed E-state index contributed by atoms with van der Waals surface area (Å²) >= 11 is 0. The van der Waals surface area contributed by atoms with Crippen molar-refractivity contribution in [1.82, 2.24) is 15.4 Å². The van der Waals surface area contributed by atoms with Crippen LogP contribution in [-0.2, 0) is 24.4 Å². The van der Waals surface area contributed by atoms with Crippen molar-refractivity contribution >= 4 is 33.8 Å². The molecular formula is C17H26N6O6S. The van der Waals surface area contributed by atoms with Gasteiger partial charge in [0.25, 0.3) is 0 Å². The van der Waals surface area contributed by atoms with E-state index in [0.29, 0.717) is 13.0 Å². The molecule has 1 atom stereocenters. The van der Waals surface area contributed by atoms with Gasteiger partial charge in [-0.3, -0.25) is 19.4 Å². The molecule has 1 aromatic carbocycles. The maximum atomic E-state index is 12.2. The molecule has 0 spiro atoms. The smallest absolute Gasteiger partial charge is 0.323 e. The lowest BCUT2D eigenvalue weighted by molar-refractivity contribution is -0.138. The highest BCUT2D eigenvalue weighted by molar-refractivity contribution is 7.89. The molecule has 0 aliphatic rings. The van der Waals surface area contributed by atoms with Crippen LogP contribution in [0.2, 0.25) is 0 Å². The monoisotopic (exact) mass is 442 g/mol. The molecule has 0 aliphatic heterocycles. The van der Waals surface area contributed by atoms with Gasteiger partial charge in [0.15, 0.2) is 5.96 Å². The van der Waals surface area contributed by atoms with Crippen molar-refractivity contribution in [2.45, 2.75) is 30.2 Å². The van der Waals surface area contributed by atoms with Crippen LogP contribution in [0.3, 0.4) is 0 Å². The van der Waals surface area contributed by atoms with Crippen molar-refractivity contribution in [1.29, 1.82) is 0 Å². The Balaban J connectivity index is 2.39. The molecule has 0 fully saturated rings. The summed E-state index contributed by atoms with van der Waals surface area (Å²) < 4.78 is 26.5. The Hall–Kier alpha value is -3.19. The first-order chi connectivity index (χ1) is 14.1. The summed E-state index contributed by atoms with van der Waals surface area (Å²) in [6.45, 7) is -0.0984. The van der Waals surface area contributed by atoms with Gasteiger partial charge in [-0.2, -0.15) is 4.72 Å². The summed E-state index contributed by atoms with van der Waals surface area (Å²) in [6, 6.07) is 5.71. The molecule has 0 saturated carbocycles. The van der Waals surface area contributed by atoms with Crippen molar-refractivity contribution in [3.63, 3.8) is 0 Å². The zero-order valence-corrected chi connectivity index (χ0v) is 17.0. The van der Waals surface area contributed by atoms with Crippen LogP contribution in [0.1, 0.15) is 19.3 Å². The molecule has 0 heterocycles. The third-order valence-corrected chi connectivity index (χ3v) is 5.17. The Labute approximate surface area is 174 Å². The van der Waals surface area contributed by atoms with Crippen LogP contribution in [-0.4, -0.2) is 62.9 Å². The zero-order valence-electron chi connectivity index (χ0n) is 16.2. The molecule has 0 saturated heterocycles. The van der Waals surface area contributed by atoms with Crippen LogP contribution in [0.5, 0.6) is 0 Å². The fourth-order valence-corrected chi connectivity index (χ4v) is 3.40. The number of nitrogens with one attached hydrogen (secondary N) is 3. The Morgan fingerprint density at radius 1 is 1.03 bits per heavy atom. The standard InChI is InChI=1S/C17H26N6O6S/c18-17(19)21-9-4-7-14(24)20-10-8-15(25)22-11-13(16(26)27)23-30(28,29)12-5-2-1-3-6-12/h1-3,5-6,13,23H,4,7-11H2,(H,20,24)(H,22,25)(H,26,27)(H4,18,19,21). The summed E-state index contributed by atoms with van der Waals surface area (Å²) in [5.74, 6) is -2.32. The zero-order chi connectivity index (χ0) is 22.6. The van der Waals surface area contributed by atoms with Crippen LogP contribution in [0.4, 0.5) is 0 Å². The molecule has 1 unspecified atom stereocenters. The fourth-order valence-electron chi connectivity index (χ4n) is 2.19. The fraction of sp³-hybridized carbons (Fsp3) is 0.412. The van der Waals surface area contributed by atoms with Gasteiger partial charge in [0.2, 0.25) is 21.8 Å². The maximum Gasteiger partial charge on any atom is 0.323 e. The SMILES string of the molecule is NC(N)=NCCCC(=O)NCCC(=O)NCC(NS(=O)(=O)c1ccccc1)C(=O)O. The van der Waals surface area contributed by atoms with Crippen LogP contribution in [0.15, 0.2) is 40.2 Å². The van der Waals surface area contributed by atoms with Crippen LogP contribution in [0, 0.1) is 0 Å². The van der Waals surface area contributed by atoms with Gasteiger partial charge in [-0.15, -0.1) is 0 Å². The number of carboxylic acid groups (broad SMARTS) is 1. The quantitative estimate of drug-likeness (QED) is 0.115. The maximum absolute atomic E-state index is 12.2. The Morgan fingerprint density at radius 3 is 2.27 bits per heavy atom. The lowest BCUT2D eigenvalue weighted by Gasteiger charge is -2.15. The Bertz CT molecular complexity index is 855. The number of nitrogens with two attached hydrogens (primary N) is 2. The number of amides is 2. The average molecular weight is 442 g/mol. The molecule has 13 heteroatoms. The van der Waals surface area contributed by atoms with Gasteiger partial charge in [-0.25, -0.2) is 8.42 Å². The third-order valence-electron chi connectivity index (χ3n) is 3.68. The summed E-state index contributed by atoms with van der Waals surface area (Å²) in [7, 11) is -4.06. The number of carboxylic acids is 1. The highest BCUT2D eigenvalue weighted by atomic mass is 32.2. The average Bonchev–Trinajstić information content (AvgIpc) is 2.68. The Morgan fingerprint density at radius 2 is 1.67 bits per heavy atom. The van der Waals surface area contributed by atoms with Crippen LogP contribution >= 0.6 is 0 Å². The molecule has 8 N–H and O–H groups in total. The first kappa shape index (κ1) is 24.8. The minimum atomic E-state index is -4.06. The van der Waals surface area contributed by atoms with Gasteiger partial charge in [-0.1, -0.05) is 18.2 Å². The molecule has 1 rings (SSSR count). The van der Waals surface area contributed by atoms with E-state index >= 15 is 0 Å². The molecule has 0 bridgehead atoms. The molecular weight excluding hydrogens is 416 g/mol. The number of carbonyl (C=O) groups excluding carboxylic acids is 2. The van der Waals surface area contributed by atoms with Gasteiger partial charge in [0.05, 0.1) is 4.90 Å². The van der Waals surface area contributed by atoms with E-state index in [2.05, 4.69) is 15.6 Å². The molecule has 0 radical (unpaired) electrons. The van der Waals surface area contributed by atoms with E-state index in [4.69, 9.17) is 11.5 Å². The molecule has 12 nitrogen and oxygen atoms in total. The number of hydrogen-bond donors (Lipinski definition) is 6. The highest BCUT2D eigenvalue weighted by Crippen LogP contribution is 2.08. The predicted octanol–water partition coefficient (Wildman–Crippen LogP) is -1.91. The highest BCUT2D eigenvalue weighted by Gasteiger charge is 2.25. The molecule has 30 heavy (non-hydrogen) atoms. The predicted molar refractivity (Wildman–Crippen MR) is 109 cm³/mol. The van der Waals surface area contributed by atoms with E-state index in [9.17, 15) is 27.9 Å². The van der Waals surface area contributed by atoms with Gasteiger partial charge in [0, 0.05) is 32.5 Å². The largest absolute Gasteiger partial charge is 0.480 e. The first-order valence-corrected chi connectivity index (χ1v) is 10.5. The van der Waals surface area contributed by atoms with Crippen molar-refractivity contribution < 1.29 is 27.9 Å². The molecule has 1 aromatic rings. The van der Waals surface area contributed by atoms with Crippen molar-refractivity contribution in [3.8, 4) is 0 Å². The number of hydrogen-bond acceptors (Lipinski definition) is 6. The summed E-state index contributed by atoms with van der Waals surface area (Å²) in [5.41, 5.74) is 10.3. The number of rotatable bonds is 13. The third kappa shape index (κ3) is 9.84. The van der Waals surface area contributed by atoms with E-state index < -0.39 is 34.5 Å². The number of aliphatic carboxylic acids is 1. The molecule has 0 aromatic heterocycles. The van der Waals surface area contributed by atoms with E-state index in [1.54, 1.807) is 6.07 Å². The first-order valence-electron chi connectivity index (χ1n) is 9.01. The topological polar surface area (TPSA) is 206 Å². The lowest BCUT2D eigenvalue weighted by atomic mass is 10.3. The molecule has 166 valence electrons. The summed E-state index contributed by atoms with van der Waals surface area (Å²) in [4.78, 5) is 38.4. The number of guanidine groups is 1. The number of nitrogens with zero attached hydrogens (tertiary/aromatic N) is 1. The van der Waals surface area contributed by atoms with Crippen LogP contribution in [0.25, 0.3) is 0 Å². The second-order valence-corrected chi connectivity index (χ2v) is 7.85. The normalized spacial score (nSPS) is 11.9. The number of aliphatic imine (C=N–C) groups is 1. The number of benzene rings is 1. The second-order valence-electron chi connectivity index (χ2n) is 6.14. The van der Waals surface area contributed by atoms with Gasteiger partial charge in [-0.05, 0) is 18.6 Å². The van der Waals surface area contributed by atoms with E-state index in [-0.39, 0.29) is 36.1 Å². The van der Waals surface area contributed by atoms with Crippen molar-refractivity contribution in [2.24, 2.45) is 16.5 Å².